The van der Waals surface area contributed by atoms with Crippen LogP contribution < -0.4 is 5.46 Å². The van der Waals surface area contributed by atoms with Crippen molar-refractivity contribution in [1.82, 2.24) is 5.16 Å². The Morgan fingerprint density at radius 2 is 1.73 bits per heavy atom. The van der Waals surface area contributed by atoms with E-state index < -0.39 is 7.12 Å². The minimum absolute atomic E-state index is 0.339. The average molecular weight is 274 g/mol. The molecule has 2 rings (SSSR count). The van der Waals surface area contributed by atoms with Crippen LogP contribution in [-0.2, 0) is 9.31 Å². The minimum atomic E-state index is -0.421. The third-order valence-corrected chi connectivity index (χ3v) is 3.66. The molecule has 0 aliphatic carbocycles. The second-order valence-electron chi connectivity index (χ2n) is 4.65. The topological polar surface area (TPSA) is 44.5 Å². The van der Waals surface area contributed by atoms with Gasteiger partial charge in [-0.1, -0.05) is 5.16 Å². The molecule has 0 atom stereocenters. The summed E-state index contributed by atoms with van der Waals surface area (Å²) in [6, 6.07) is 0. The highest BCUT2D eigenvalue weighted by molar-refractivity contribution is 9.10. The van der Waals surface area contributed by atoms with Crippen molar-refractivity contribution in [2.24, 2.45) is 0 Å². The highest BCUT2D eigenvalue weighted by Crippen LogP contribution is 2.36. The van der Waals surface area contributed by atoms with Gasteiger partial charge in [0.15, 0.2) is 0 Å². The molecule has 0 spiro atoms. The van der Waals surface area contributed by atoms with Crippen LogP contribution in [0.1, 0.15) is 27.7 Å². The van der Waals surface area contributed by atoms with Gasteiger partial charge in [-0.2, -0.15) is 0 Å². The summed E-state index contributed by atoms with van der Waals surface area (Å²) in [6.07, 6.45) is 1.53. The molecule has 0 aromatic carbocycles. The summed E-state index contributed by atoms with van der Waals surface area (Å²) in [6.45, 7) is 8.03. The Balaban J connectivity index is 2.27. The van der Waals surface area contributed by atoms with Gasteiger partial charge in [-0.25, -0.2) is 0 Å². The molecule has 1 aliphatic heterocycles. The van der Waals surface area contributed by atoms with Crippen LogP contribution >= 0.6 is 15.9 Å². The SMILES string of the molecule is CC1(C)OB(c2conc2Br)OC1(C)C. The first-order chi connectivity index (χ1) is 6.83. The predicted molar refractivity (Wildman–Crippen MR) is 59.9 cm³/mol. The lowest BCUT2D eigenvalue weighted by Gasteiger charge is -2.32. The zero-order valence-corrected chi connectivity index (χ0v) is 10.8. The molecule has 6 heteroatoms. The number of aromatic nitrogens is 1. The third-order valence-electron chi connectivity index (χ3n) is 3.06. The third kappa shape index (κ3) is 1.75. The molecule has 1 aromatic heterocycles. The zero-order valence-electron chi connectivity index (χ0n) is 9.20. The van der Waals surface area contributed by atoms with E-state index in [1.807, 2.05) is 27.7 Å². The van der Waals surface area contributed by atoms with E-state index in [2.05, 4.69) is 21.1 Å². The van der Waals surface area contributed by atoms with Crippen LogP contribution in [0.3, 0.4) is 0 Å². The molecule has 0 amide bonds. The standard InChI is InChI=1S/C9H13BBrNO3/c1-8(2)9(3,4)15-10(14-8)6-5-13-12-7(6)11/h5H,1-4H3. The van der Waals surface area contributed by atoms with E-state index in [9.17, 15) is 0 Å². The highest BCUT2D eigenvalue weighted by atomic mass is 79.9. The van der Waals surface area contributed by atoms with Gasteiger partial charge >= 0.3 is 7.12 Å². The smallest absolute Gasteiger partial charge is 0.399 e. The van der Waals surface area contributed by atoms with E-state index in [1.54, 1.807) is 0 Å². The molecular formula is C9H13BBrNO3. The van der Waals surface area contributed by atoms with Crippen LogP contribution in [0, 0.1) is 0 Å². The fraction of sp³-hybridized carbons (Fsp3) is 0.667. The summed E-state index contributed by atoms with van der Waals surface area (Å²) in [7, 11) is -0.421. The summed E-state index contributed by atoms with van der Waals surface area (Å²) in [5, 5.41) is 3.74. The van der Waals surface area contributed by atoms with Crippen molar-refractivity contribution in [2.45, 2.75) is 38.9 Å². The first kappa shape index (κ1) is 11.2. The van der Waals surface area contributed by atoms with Gasteiger partial charge in [-0.15, -0.1) is 0 Å². The van der Waals surface area contributed by atoms with Gasteiger partial charge in [-0.05, 0) is 43.6 Å². The molecule has 4 nitrogen and oxygen atoms in total. The van der Waals surface area contributed by atoms with Crippen LogP contribution in [-0.4, -0.2) is 23.5 Å². The molecule has 0 saturated carbocycles. The van der Waals surface area contributed by atoms with E-state index in [0.29, 0.717) is 4.60 Å². The number of hydrogen-bond donors (Lipinski definition) is 0. The van der Waals surface area contributed by atoms with Crippen molar-refractivity contribution in [3.05, 3.63) is 10.9 Å². The van der Waals surface area contributed by atoms with Crippen LogP contribution in [0.25, 0.3) is 0 Å². The van der Waals surface area contributed by atoms with Crippen molar-refractivity contribution >= 4 is 28.5 Å². The lowest BCUT2D eigenvalue weighted by atomic mass is 9.82. The molecule has 82 valence electrons. The fourth-order valence-corrected chi connectivity index (χ4v) is 1.72. The highest BCUT2D eigenvalue weighted by Gasteiger charge is 2.52. The molecule has 0 bridgehead atoms. The summed E-state index contributed by atoms with van der Waals surface area (Å²) in [4.78, 5) is 0. The molecule has 1 aliphatic rings. The van der Waals surface area contributed by atoms with Gasteiger partial charge in [-0.3, -0.25) is 0 Å². The molecule has 1 aromatic rings. The number of halogens is 1. The molecule has 0 N–H and O–H groups in total. The largest absolute Gasteiger partial charge is 0.501 e. The van der Waals surface area contributed by atoms with Gasteiger partial charge in [0.25, 0.3) is 0 Å². The van der Waals surface area contributed by atoms with E-state index in [4.69, 9.17) is 13.8 Å². The molecule has 15 heavy (non-hydrogen) atoms. The normalized spacial score (nSPS) is 23.4. The summed E-state index contributed by atoms with van der Waals surface area (Å²) >= 11 is 3.29. The predicted octanol–water partition coefficient (Wildman–Crippen LogP) is 1.74. The number of nitrogens with zero attached hydrogens (tertiary/aromatic N) is 1. The quantitative estimate of drug-likeness (QED) is 0.731. The molecule has 0 unspecified atom stereocenters. The maximum atomic E-state index is 5.84. The van der Waals surface area contributed by atoms with Gasteiger partial charge in [0, 0.05) is 0 Å². The number of rotatable bonds is 1. The first-order valence-electron chi connectivity index (χ1n) is 4.79. The molecular weight excluding hydrogens is 261 g/mol. The van der Waals surface area contributed by atoms with Crippen molar-refractivity contribution in [2.75, 3.05) is 0 Å². The van der Waals surface area contributed by atoms with Gasteiger partial charge in [0.2, 0.25) is 0 Å². The summed E-state index contributed by atoms with van der Waals surface area (Å²) < 4.78 is 17.1. The van der Waals surface area contributed by atoms with Crippen LogP contribution in [0.4, 0.5) is 0 Å². The van der Waals surface area contributed by atoms with Gasteiger partial charge < -0.3 is 13.8 Å². The minimum Gasteiger partial charge on any atom is -0.399 e. The van der Waals surface area contributed by atoms with Crippen molar-refractivity contribution in [3.63, 3.8) is 0 Å². The molecule has 0 radical (unpaired) electrons. The van der Waals surface area contributed by atoms with Gasteiger partial charge in [0.05, 0.1) is 16.7 Å². The molecule has 1 fully saturated rings. The van der Waals surface area contributed by atoms with E-state index in [-0.39, 0.29) is 11.2 Å². The maximum absolute atomic E-state index is 5.84. The Kier molecular flexibility index (Phi) is 2.48. The summed E-state index contributed by atoms with van der Waals surface area (Å²) in [5.41, 5.74) is 0.108. The Morgan fingerprint density at radius 1 is 1.20 bits per heavy atom. The second kappa shape index (κ2) is 3.33. The lowest BCUT2D eigenvalue weighted by Crippen LogP contribution is -2.41. The second-order valence-corrected chi connectivity index (χ2v) is 5.40. The zero-order chi connectivity index (χ0) is 11.3. The first-order valence-corrected chi connectivity index (χ1v) is 5.58. The Bertz CT molecular complexity index is 361. The van der Waals surface area contributed by atoms with Crippen molar-refractivity contribution in [1.29, 1.82) is 0 Å². The van der Waals surface area contributed by atoms with Gasteiger partial charge in [0.1, 0.15) is 10.9 Å². The Hall–Kier alpha value is -0.325. The average Bonchev–Trinajstić information content (AvgIpc) is 2.55. The van der Waals surface area contributed by atoms with Crippen molar-refractivity contribution < 1.29 is 13.8 Å². The maximum Gasteiger partial charge on any atom is 0.501 e. The fourth-order valence-electron chi connectivity index (χ4n) is 1.35. The van der Waals surface area contributed by atoms with E-state index in [1.165, 1.54) is 6.26 Å². The van der Waals surface area contributed by atoms with E-state index in [0.717, 1.165) is 5.46 Å². The number of hydrogen-bond acceptors (Lipinski definition) is 4. The summed E-state index contributed by atoms with van der Waals surface area (Å²) in [5.74, 6) is 0. The Morgan fingerprint density at radius 3 is 2.13 bits per heavy atom. The van der Waals surface area contributed by atoms with E-state index >= 15 is 0 Å². The lowest BCUT2D eigenvalue weighted by molar-refractivity contribution is 0.00578. The molecule has 1 saturated heterocycles. The van der Waals surface area contributed by atoms with Crippen molar-refractivity contribution in [3.8, 4) is 0 Å². The monoisotopic (exact) mass is 273 g/mol. The van der Waals surface area contributed by atoms with Crippen LogP contribution in [0.5, 0.6) is 0 Å². The molecule has 2 heterocycles. The van der Waals surface area contributed by atoms with Crippen LogP contribution in [0.2, 0.25) is 0 Å². The van der Waals surface area contributed by atoms with Crippen LogP contribution in [0.15, 0.2) is 15.4 Å². The Labute approximate surface area is 97.6 Å².